The molecule has 2 rings (SSSR count). The zero-order valence-corrected chi connectivity index (χ0v) is 7.99. The number of nitrogens with zero attached hydrogens (tertiary/aromatic N) is 1. The van der Waals surface area contributed by atoms with Crippen molar-refractivity contribution in [2.24, 2.45) is 0 Å². The zero-order valence-electron chi connectivity index (χ0n) is 7.99. The number of carboxylic acid groups (broad SMARTS) is 1. The predicted octanol–water partition coefficient (Wildman–Crippen LogP) is 1.89. The van der Waals surface area contributed by atoms with Gasteiger partial charge in [0.15, 0.2) is 0 Å². The summed E-state index contributed by atoms with van der Waals surface area (Å²) >= 11 is 0. The number of fused-ring (bicyclic) bond motifs is 1. The monoisotopic (exact) mass is 208 g/mol. The molecule has 2 aromatic rings. The number of aromatic nitrogens is 2. The molecule has 0 aromatic carbocycles. The van der Waals surface area contributed by atoms with E-state index in [1.165, 1.54) is 6.07 Å². The van der Waals surface area contributed by atoms with Gasteiger partial charge in [-0.2, -0.15) is 0 Å². The van der Waals surface area contributed by atoms with Crippen LogP contribution in [0.4, 0.5) is 4.39 Å². The van der Waals surface area contributed by atoms with Gasteiger partial charge in [-0.15, -0.1) is 0 Å². The molecule has 1 atom stereocenters. The van der Waals surface area contributed by atoms with E-state index in [-0.39, 0.29) is 0 Å². The molecule has 2 aromatic heterocycles. The molecule has 4 nitrogen and oxygen atoms in total. The molecule has 0 amide bonds. The second-order valence-electron chi connectivity index (χ2n) is 3.37. The van der Waals surface area contributed by atoms with Crippen molar-refractivity contribution >= 4 is 17.0 Å². The number of aromatic amines is 1. The molecule has 2 heterocycles. The Labute approximate surface area is 84.8 Å². The van der Waals surface area contributed by atoms with E-state index >= 15 is 0 Å². The molecular formula is C10H9FN2O2. The highest BCUT2D eigenvalue weighted by molar-refractivity contribution is 5.81. The highest BCUT2D eigenvalue weighted by atomic mass is 19.1. The number of carboxylic acids is 1. The maximum atomic E-state index is 12.8. The first-order valence-corrected chi connectivity index (χ1v) is 4.45. The van der Waals surface area contributed by atoms with Gasteiger partial charge in [0.2, 0.25) is 0 Å². The van der Waals surface area contributed by atoms with Crippen molar-refractivity contribution in [1.29, 1.82) is 0 Å². The lowest BCUT2D eigenvalue weighted by molar-refractivity contribution is -0.138. The maximum Gasteiger partial charge on any atom is 0.312 e. The van der Waals surface area contributed by atoms with Crippen LogP contribution in [0.2, 0.25) is 0 Å². The minimum atomic E-state index is -0.929. The summed E-state index contributed by atoms with van der Waals surface area (Å²) in [5, 5.41) is 8.80. The molecule has 0 spiro atoms. The number of nitrogens with one attached hydrogen (secondary N) is 1. The summed E-state index contributed by atoms with van der Waals surface area (Å²) in [6, 6.07) is 2.91. The summed E-state index contributed by atoms with van der Waals surface area (Å²) in [7, 11) is 0. The Morgan fingerprint density at radius 2 is 2.33 bits per heavy atom. The fraction of sp³-hybridized carbons (Fsp3) is 0.200. The van der Waals surface area contributed by atoms with Gasteiger partial charge in [0, 0.05) is 11.8 Å². The molecule has 0 saturated carbocycles. The molecule has 2 N–H and O–H groups in total. The van der Waals surface area contributed by atoms with Crippen LogP contribution >= 0.6 is 0 Å². The van der Waals surface area contributed by atoms with Crippen LogP contribution in [-0.2, 0) is 4.79 Å². The van der Waals surface area contributed by atoms with Crippen molar-refractivity contribution in [2.45, 2.75) is 12.8 Å². The summed E-state index contributed by atoms with van der Waals surface area (Å²) in [6.07, 6.45) is 1.10. The van der Waals surface area contributed by atoms with E-state index in [0.717, 1.165) is 6.20 Å². The van der Waals surface area contributed by atoms with Gasteiger partial charge >= 0.3 is 5.97 Å². The number of rotatable bonds is 2. The van der Waals surface area contributed by atoms with Crippen LogP contribution in [0.25, 0.3) is 11.0 Å². The van der Waals surface area contributed by atoms with Gasteiger partial charge in [-0.3, -0.25) is 9.78 Å². The SMILES string of the molecule is CC(C(=O)O)c1cc2ncc(F)cc2[nH]1. The number of halogens is 1. The van der Waals surface area contributed by atoms with Gasteiger partial charge in [-0.1, -0.05) is 0 Å². The molecule has 15 heavy (non-hydrogen) atoms. The van der Waals surface area contributed by atoms with E-state index < -0.39 is 17.7 Å². The average molecular weight is 208 g/mol. The Balaban J connectivity index is 2.51. The Kier molecular flexibility index (Phi) is 2.15. The molecule has 0 radical (unpaired) electrons. The number of pyridine rings is 1. The topological polar surface area (TPSA) is 66.0 Å². The van der Waals surface area contributed by atoms with E-state index in [1.807, 2.05) is 0 Å². The van der Waals surface area contributed by atoms with Crippen LogP contribution in [0.15, 0.2) is 18.3 Å². The summed E-state index contributed by atoms with van der Waals surface area (Å²) in [4.78, 5) is 17.4. The van der Waals surface area contributed by atoms with Gasteiger partial charge in [0.1, 0.15) is 5.82 Å². The largest absolute Gasteiger partial charge is 0.481 e. The van der Waals surface area contributed by atoms with E-state index in [1.54, 1.807) is 13.0 Å². The lowest BCUT2D eigenvalue weighted by Crippen LogP contribution is -2.07. The number of carbonyl (C=O) groups is 1. The third-order valence-electron chi connectivity index (χ3n) is 2.29. The Hall–Kier alpha value is -1.91. The van der Waals surface area contributed by atoms with Gasteiger partial charge in [-0.05, 0) is 13.0 Å². The van der Waals surface area contributed by atoms with Crippen molar-refractivity contribution in [3.63, 3.8) is 0 Å². The Bertz CT molecular complexity index is 521. The highest BCUT2D eigenvalue weighted by Crippen LogP contribution is 2.20. The Morgan fingerprint density at radius 1 is 1.60 bits per heavy atom. The van der Waals surface area contributed by atoms with Crippen molar-refractivity contribution in [3.8, 4) is 0 Å². The lowest BCUT2D eigenvalue weighted by atomic mass is 10.1. The summed E-state index contributed by atoms with van der Waals surface area (Å²) in [6.45, 7) is 1.56. The third-order valence-corrected chi connectivity index (χ3v) is 2.29. The van der Waals surface area contributed by atoms with Gasteiger partial charge in [0.05, 0.1) is 23.1 Å². The van der Waals surface area contributed by atoms with Crippen LogP contribution < -0.4 is 0 Å². The van der Waals surface area contributed by atoms with Gasteiger partial charge in [-0.25, -0.2) is 4.39 Å². The van der Waals surface area contributed by atoms with Crippen molar-refractivity contribution in [1.82, 2.24) is 9.97 Å². The van der Waals surface area contributed by atoms with Gasteiger partial charge < -0.3 is 10.1 Å². The third kappa shape index (κ3) is 1.68. The minimum Gasteiger partial charge on any atom is -0.481 e. The van der Waals surface area contributed by atoms with Crippen LogP contribution in [-0.4, -0.2) is 21.0 Å². The van der Waals surface area contributed by atoms with Crippen molar-refractivity contribution in [3.05, 3.63) is 29.8 Å². The fourth-order valence-electron chi connectivity index (χ4n) is 1.37. The lowest BCUT2D eigenvalue weighted by Gasteiger charge is -2.00. The quantitative estimate of drug-likeness (QED) is 0.791. The molecule has 0 aliphatic heterocycles. The average Bonchev–Trinajstić information content (AvgIpc) is 2.58. The first-order valence-electron chi connectivity index (χ1n) is 4.45. The summed E-state index contributed by atoms with van der Waals surface area (Å²) in [5.74, 6) is -2.02. The predicted molar refractivity (Wildman–Crippen MR) is 52.1 cm³/mol. The molecule has 0 aliphatic rings. The van der Waals surface area contributed by atoms with Crippen molar-refractivity contribution in [2.75, 3.05) is 0 Å². The van der Waals surface area contributed by atoms with E-state index in [4.69, 9.17) is 5.11 Å². The second-order valence-corrected chi connectivity index (χ2v) is 3.37. The second kappa shape index (κ2) is 3.34. The summed E-state index contributed by atoms with van der Waals surface area (Å²) in [5.41, 5.74) is 1.60. The molecule has 1 unspecified atom stereocenters. The first kappa shape index (κ1) is 9.64. The number of aliphatic carboxylic acids is 1. The van der Waals surface area contributed by atoms with E-state index in [2.05, 4.69) is 9.97 Å². The smallest absolute Gasteiger partial charge is 0.312 e. The Morgan fingerprint density at radius 3 is 3.00 bits per heavy atom. The minimum absolute atomic E-state index is 0.445. The number of hydrogen-bond donors (Lipinski definition) is 2. The molecule has 5 heteroatoms. The fourth-order valence-corrected chi connectivity index (χ4v) is 1.37. The van der Waals surface area contributed by atoms with Crippen LogP contribution in [0, 0.1) is 5.82 Å². The normalized spacial score (nSPS) is 12.9. The molecule has 78 valence electrons. The highest BCUT2D eigenvalue weighted by Gasteiger charge is 2.16. The van der Waals surface area contributed by atoms with E-state index in [0.29, 0.717) is 16.7 Å². The zero-order chi connectivity index (χ0) is 11.0. The number of hydrogen-bond acceptors (Lipinski definition) is 2. The van der Waals surface area contributed by atoms with Crippen molar-refractivity contribution < 1.29 is 14.3 Å². The molecule has 0 bridgehead atoms. The standard InChI is InChI=1S/C10H9FN2O2/c1-5(10(14)15)7-3-8-9(13-7)2-6(11)4-12-8/h2-5,13H,1H3,(H,14,15). The molecule has 0 saturated heterocycles. The van der Waals surface area contributed by atoms with E-state index in [9.17, 15) is 9.18 Å². The van der Waals surface area contributed by atoms with Gasteiger partial charge in [0.25, 0.3) is 0 Å². The number of H-pyrrole nitrogens is 1. The molecule has 0 fully saturated rings. The molecular weight excluding hydrogens is 199 g/mol. The maximum absolute atomic E-state index is 12.8. The van der Waals surface area contributed by atoms with Crippen LogP contribution in [0.3, 0.4) is 0 Å². The first-order chi connectivity index (χ1) is 7.08. The summed E-state index contributed by atoms with van der Waals surface area (Å²) < 4.78 is 12.8. The molecule has 0 aliphatic carbocycles. The van der Waals surface area contributed by atoms with Crippen LogP contribution in [0.1, 0.15) is 18.5 Å². The van der Waals surface area contributed by atoms with Crippen LogP contribution in [0.5, 0.6) is 0 Å².